The van der Waals surface area contributed by atoms with E-state index in [4.69, 9.17) is 5.11 Å². The Labute approximate surface area is 87.7 Å². The second-order valence-electron chi connectivity index (χ2n) is 4.25. The van der Waals surface area contributed by atoms with Crippen LogP contribution in [-0.4, -0.2) is 60.8 Å². The SMILES string of the molecule is CCN1CCN(C)[C@@H](CCCCO)C1. The van der Waals surface area contributed by atoms with Gasteiger partial charge in [0.25, 0.3) is 0 Å². The van der Waals surface area contributed by atoms with Gasteiger partial charge in [-0.05, 0) is 32.9 Å². The maximum atomic E-state index is 8.74. The van der Waals surface area contributed by atoms with Gasteiger partial charge in [-0.2, -0.15) is 0 Å². The van der Waals surface area contributed by atoms with E-state index < -0.39 is 0 Å². The van der Waals surface area contributed by atoms with Crippen molar-refractivity contribution >= 4 is 0 Å². The second-order valence-corrected chi connectivity index (χ2v) is 4.25. The third-order valence-electron chi connectivity index (χ3n) is 3.25. The summed E-state index contributed by atoms with van der Waals surface area (Å²) in [6, 6.07) is 0.704. The summed E-state index contributed by atoms with van der Waals surface area (Å²) in [7, 11) is 2.22. The maximum Gasteiger partial charge on any atom is 0.0431 e. The fourth-order valence-electron chi connectivity index (χ4n) is 2.10. The number of aliphatic hydroxyl groups is 1. The Hall–Kier alpha value is -0.120. The molecule has 0 saturated carbocycles. The lowest BCUT2D eigenvalue weighted by Crippen LogP contribution is -2.51. The van der Waals surface area contributed by atoms with Crippen molar-refractivity contribution in [3.63, 3.8) is 0 Å². The summed E-state index contributed by atoms with van der Waals surface area (Å²) in [5, 5.41) is 8.74. The number of hydrogen-bond donors (Lipinski definition) is 1. The standard InChI is InChI=1S/C11H24N2O/c1-3-13-8-7-12(2)11(10-13)6-4-5-9-14/h11,14H,3-10H2,1-2H3/t11-/m0/s1. The first kappa shape index (κ1) is 12.0. The predicted octanol–water partition coefficient (Wildman–Crippen LogP) is 0.785. The lowest BCUT2D eigenvalue weighted by molar-refractivity contribution is 0.0918. The highest BCUT2D eigenvalue weighted by molar-refractivity contribution is 4.79. The van der Waals surface area contributed by atoms with Gasteiger partial charge in [0.1, 0.15) is 0 Å². The van der Waals surface area contributed by atoms with Gasteiger partial charge in [0.2, 0.25) is 0 Å². The Morgan fingerprint density at radius 3 is 2.71 bits per heavy atom. The molecule has 0 bridgehead atoms. The van der Waals surface area contributed by atoms with Gasteiger partial charge in [-0.25, -0.2) is 0 Å². The van der Waals surface area contributed by atoms with E-state index >= 15 is 0 Å². The van der Waals surface area contributed by atoms with Gasteiger partial charge in [0.05, 0.1) is 0 Å². The molecule has 0 unspecified atom stereocenters. The Morgan fingerprint density at radius 1 is 1.29 bits per heavy atom. The molecular weight excluding hydrogens is 176 g/mol. The third kappa shape index (κ3) is 3.56. The van der Waals surface area contributed by atoms with Crippen molar-refractivity contribution in [2.45, 2.75) is 32.2 Å². The van der Waals surface area contributed by atoms with E-state index in [9.17, 15) is 0 Å². The van der Waals surface area contributed by atoms with Crippen LogP contribution in [-0.2, 0) is 0 Å². The monoisotopic (exact) mass is 200 g/mol. The van der Waals surface area contributed by atoms with E-state index in [1.54, 1.807) is 0 Å². The fraction of sp³-hybridized carbons (Fsp3) is 1.00. The predicted molar refractivity (Wildman–Crippen MR) is 59.5 cm³/mol. The van der Waals surface area contributed by atoms with Crippen LogP contribution in [0.25, 0.3) is 0 Å². The van der Waals surface area contributed by atoms with E-state index in [2.05, 4.69) is 23.8 Å². The molecule has 0 spiro atoms. The fourth-order valence-corrected chi connectivity index (χ4v) is 2.10. The average Bonchev–Trinajstić information content (AvgIpc) is 2.21. The largest absolute Gasteiger partial charge is 0.396 e. The molecule has 1 rings (SSSR count). The highest BCUT2D eigenvalue weighted by atomic mass is 16.2. The van der Waals surface area contributed by atoms with Gasteiger partial charge in [-0.1, -0.05) is 6.92 Å². The Balaban J connectivity index is 2.25. The first-order valence-electron chi connectivity index (χ1n) is 5.81. The number of rotatable bonds is 5. The van der Waals surface area contributed by atoms with Crippen molar-refractivity contribution in [3.05, 3.63) is 0 Å². The first-order chi connectivity index (χ1) is 6.77. The van der Waals surface area contributed by atoms with Crippen molar-refractivity contribution in [2.24, 2.45) is 0 Å². The average molecular weight is 200 g/mol. The van der Waals surface area contributed by atoms with Crippen molar-refractivity contribution in [2.75, 3.05) is 39.8 Å². The van der Waals surface area contributed by atoms with Crippen molar-refractivity contribution in [1.82, 2.24) is 9.80 Å². The van der Waals surface area contributed by atoms with Crippen LogP contribution >= 0.6 is 0 Å². The minimum Gasteiger partial charge on any atom is -0.396 e. The van der Waals surface area contributed by atoms with Crippen LogP contribution in [0.5, 0.6) is 0 Å². The summed E-state index contributed by atoms with van der Waals surface area (Å²) in [4.78, 5) is 4.98. The molecule has 0 amide bonds. The van der Waals surface area contributed by atoms with Gasteiger partial charge in [0.15, 0.2) is 0 Å². The van der Waals surface area contributed by atoms with Gasteiger partial charge in [-0.3, -0.25) is 0 Å². The minimum absolute atomic E-state index is 0.341. The van der Waals surface area contributed by atoms with Crippen LogP contribution < -0.4 is 0 Å². The molecule has 14 heavy (non-hydrogen) atoms. The zero-order valence-electron chi connectivity index (χ0n) is 9.58. The van der Waals surface area contributed by atoms with Crippen molar-refractivity contribution in [3.8, 4) is 0 Å². The molecule has 1 N–H and O–H groups in total. The van der Waals surface area contributed by atoms with Crippen LogP contribution in [0.4, 0.5) is 0 Å². The number of hydrogen-bond acceptors (Lipinski definition) is 3. The molecule has 1 heterocycles. The van der Waals surface area contributed by atoms with Crippen molar-refractivity contribution < 1.29 is 5.11 Å². The minimum atomic E-state index is 0.341. The molecule has 1 aliphatic heterocycles. The highest BCUT2D eigenvalue weighted by Crippen LogP contribution is 2.13. The topological polar surface area (TPSA) is 26.7 Å². The van der Waals surface area contributed by atoms with E-state index in [0.717, 1.165) is 12.8 Å². The molecule has 1 saturated heterocycles. The van der Waals surface area contributed by atoms with Gasteiger partial charge in [-0.15, -0.1) is 0 Å². The van der Waals surface area contributed by atoms with E-state index in [-0.39, 0.29) is 0 Å². The van der Waals surface area contributed by atoms with Gasteiger partial charge >= 0.3 is 0 Å². The summed E-state index contributed by atoms with van der Waals surface area (Å²) < 4.78 is 0. The zero-order chi connectivity index (χ0) is 10.4. The van der Waals surface area contributed by atoms with Crippen LogP contribution in [0.15, 0.2) is 0 Å². The van der Waals surface area contributed by atoms with Gasteiger partial charge in [0, 0.05) is 32.3 Å². The molecule has 0 radical (unpaired) electrons. The maximum absolute atomic E-state index is 8.74. The van der Waals surface area contributed by atoms with Gasteiger partial charge < -0.3 is 14.9 Å². The summed E-state index contributed by atoms with van der Waals surface area (Å²) >= 11 is 0. The normalized spacial score (nSPS) is 25.5. The molecule has 0 aromatic rings. The molecule has 1 fully saturated rings. The molecular formula is C11H24N2O. The smallest absolute Gasteiger partial charge is 0.0431 e. The number of nitrogens with zero attached hydrogens (tertiary/aromatic N) is 2. The molecule has 84 valence electrons. The number of piperazine rings is 1. The molecule has 0 aromatic heterocycles. The Morgan fingerprint density at radius 2 is 2.07 bits per heavy atom. The summed E-state index contributed by atoms with van der Waals surface area (Å²) in [6.07, 6.45) is 3.34. The summed E-state index contributed by atoms with van der Waals surface area (Å²) in [6.45, 7) is 7.36. The van der Waals surface area contributed by atoms with E-state index in [1.165, 1.54) is 32.6 Å². The molecule has 0 aromatic carbocycles. The molecule has 3 nitrogen and oxygen atoms in total. The Bertz CT molecular complexity index is 152. The third-order valence-corrected chi connectivity index (χ3v) is 3.25. The van der Waals surface area contributed by atoms with Crippen molar-refractivity contribution in [1.29, 1.82) is 0 Å². The number of aliphatic hydroxyl groups excluding tert-OH is 1. The summed E-state index contributed by atoms with van der Waals surface area (Å²) in [5.41, 5.74) is 0. The Kier molecular flexibility index (Phi) is 5.45. The van der Waals surface area contributed by atoms with Crippen LogP contribution in [0.3, 0.4) is 0 Å². The summed E-state index contributed by atoms with van der Waals surface area (Å²) in [5.74, 6) is 0. The van der Waals surface area contributed by atoms with E-state index in [0.29, 0.717) is 12.6 Å². The second kappa shape index (κ2) is 6.38. The quantitative estimate of drug-likeness (QED) is 0.665. The molecule has 1 aliphatic rings. The zero-order valence-corrected chi connectivity index (χ0v) is 9.58. The lowest BCUT2D eigenvalue weighted by atomic mass is 10.1. The molecule has 0 aliphatic carbocycles. The lowest BCUT2D eigenvalue weighted by Gasteiger charge is -2.39. The van der Waals surface area contributed by atoms with Crippen LogP contribution in [0.1, 0.15) is 26.2 Å². The number of unbranched alkanes of at least 4 members (excludes halogenated alkanes) is 1. The van der Waals surface area contributed by atoms with Crippen LogP contribution in [0.2, 0.25) is 0 Å². The highest BCUT2D eigenvalue weighted by Gasteiger charge is 2.22. The van der Waals surface area contributed by atoms with E-state index in [1.807, 2.05) is 0 Å². The number of likely N-dealkylation sites (N-methyl/N-ethyl adjacent to an activating group) is 2. The molecule has 3 heteroatoms. The first-order valence-corrected chi connectivity index (χ1v) is 5.81. The molecule has 1 atom stereocenters. The van der Waals surface area contributed by atoms with Crippen LogP contribution in [0, 0.1) is 0 Å².